The first-order chi connectivity index (χ1) is 8.77. The van der Waals surface area contributed by atoms with E-state index in [4.69, 9.17) is 5.73 Å². The van der Waals surface area contributed by atoms with Crippen LogP contribution < -0.4 is 5.73 Å². The monoisotopic (exact) mass is 240 g/mol. The number of Topliss-reactive ketones (excluding diaryl/α,β-unsaturated/α-hetero) is 1. The molecule has 2 aromatic rings. The Labute approximate surface area is 107 Å². The maximum atomic E-state index is 12.0. The van der Waals surface area contributed by atoms with E-state index < -0.39 is 6.04 Å². The fourth-order valence-electron chi connectivity index (χ4n) is 1.82. The molecule has 0 fully saturated rings. The van der Waals surface area contributed by atoms with Gasteiger partial charge in [0.15, 0.2) is 5.78 Å². The van der Waals surface area contributed by atoms with Crippen molar-refractivity contribution < 1.29 is 4.79 Å². The van der Waals surface area contributed by atoms with Gasteiger partial charge in [0.1, 0.15) is 0 Å². The summed E-state index contributed by atoms with van der Waals surface area (Å²) in [5, 5.41) is 0. The number of benzene rings is 1. The normalized spacial score (nSPS) is 12.1. The Hall–Kier alpha value is -2.00. The van der Waals surface area contributed by atoms with E-state index in [2.05, 4.69) is 4.98 Å². The summed E-state index contributed by atoms with van der Waals surface area (Å²) in [6.07, 6.45) is 4.67. The van der Waals surface area contributed by atoms with E-state index in [1.54, 1.807) is 24.5 Å². The average molecular weight is 240 g/mol. The van der Waals surface area contributed by atoms with Crippen molar-refractivity contribution in [1.82, 2.24) is 4.98 Å². The quantitative estimate of drug-likeness (QED) is 0.815. The topological polar surface area (TPSA) is 56.0 Å². The fourth-order valence-corrected chi connectivity index (χ4v) is 1.82. The van der Waals surface area contributed by atoms with Crippen molar-refractivity contribution in [3.05, 3.63) is 66.0 Å². The van der Waals surface area contributed by atoms with Crippen LogP contribution in [0.4, 0.5) is 0 Å². The molecule has 2 rings (SSSR count). The predicted molar refractivity (Wildman–Crippen MR) is 71.3 cm³/mol. The van der Waals surface area contributed by atoms with Crippen molar-refractivity contribution in [3.8, 4) is 0 Å². The number of hydrogen-bond acceptors (Lipinski definition) is 3. The smallest absolute Gasteiger partial charge is 0.181 e. The van der Waals surface area contributed by atoms with Crippen LogP contribution in [0.25, 0.3) is 0 Å². The molecular formula is C15H16N2O. The molecular weight excluding hydrogens is 224 g/mol. The molecule has 0 aliphatic heterocycles. The average Bonchev–Trinajstić information content (AvgIpc) is 2.46. The molecule has 1 atom stereocenters. The minimum absolute atomic E-state index is 0.0426. The Balaban J connectivity index is 1.93. The van der Waals surface area contributed by atoms with Crippen LogP contribution in [-0.4, -0.2) is 16.8 Å². The van der Waals surface area contributed by atoms with E-state index in [0.717, 1.165) is 6.42 Å². The second-order valence-electron chi connectivity index (χ2n) is 4.24. The standard InChI is InChI=1S/C15H16N2O/c16-14(9-8-12-5-2-1-3-6-12)15(18)13-7-4-10-17-11-13/h1-7,10-11,14H,8-9,16H2. The first-order valence-electron chi connectivity index (χ1n) is 6.01. The number of carbonyl (C=O) groups is 1. The van der Waals surface area contributed by atoms with Crippen molar-refractivity contribution in [2.45, 2.75) is 18.9 Å². The third-order valence-electron chi connectivity index (χ3n) is 2.87. The lowest BCUT2D eigenvalue weighted by molar-refractivity contribution is 0.0957. The first kappa shape index (κ1) is 12.5. The van der Waals surface area contributed by atoms with Crippen LogP contribution in [-0.2, 0) is 6.42 Å². The Morgan fingerprint density at radius 1 is 1.17 bits per heavy atom. The molecule has 0 amide bonds. The molecule has 0 bridgehead atoms. The van der Waals surface area contributed by atoms with Crippen LogP contribution in [0.1, 0.15) is 22.3 Å². The molecule has 0 aliphatic rings. The Morgan fingerprint density at radius 2 is 1.94 bits per heavy atom. The van der Waals surface area contributed by atoms with Gasteiger partial charge in [-0.2, -0.15) is 0 Å². The SMILES string of the molecule is NC(CCc1ccccc1)C(=O)c1cccnc1. The molecule has 3 nitrogen and oxygen atoms in total. The van der Waals surface area contributed by atoms with E-state index in [9.17, 15) is 4.79 Å². The summed E-state index contributed by atoms with van der Waals surface area (Å²) in [6.45, 7) is 0. The number of carbonyl (C=O) groups excluding carboxylic acids is 1. The molecule has 1 heterocycles. The van der Waals surface area contributed by atoms with Gasteiger partial charge in [0.05, 0.1) is 6.04 Å². The van der Waals surface area contributed by atoms with Gasteiger partial charge >= 0.3 is 0 Å². The zero-order valence-corrected chi connectivity index (χ0v) is 10.1. The second kappa shape index (κ2) is 6.07. The van der Waals surface area contributed by atoms with Gasteiger partial charge in [-0.1, -0.05) is 30.3 Å². The van der Waals surface area contributed by atoms with Gasteiger partial charge in [-0.25, -0.2) is 0 Å². The molecule has 0 radical (unpaired) electrons. The number of ketones is 1. The maximum absolute atomic E-state index is 12.0. The van der Waals surface area contributed by atoms with Crippen molar-refractivity contribution in [2.75, 3.05) is 0 Å². The number of aromatic nitrogens is 1. The molecule has 18 heavy (non-hydrogen) atoms. The molecule has 0 spiro atoms. The van der Waals surface area contributed by atoms with E-state index >= 15 is 0 Å². The minimum Gasteiger partial charge on any atom is -0.321 e. The molecule has 0 aliphatic carbocycles. The highest BCUT2D eigenvalue weighted by atomic mass is 16.1. The molecule has 92 valence electrons. The van der Waals surface area contributed by atoms with Crippen molar-refractivity contribution >= 4 is 5.78 Å². The number of pyridine rings is 1. The van der Waals surface area contributed by atoms with Crippen LogP contribution >= 0.6 is 0 Å². The Bertz CT molecular complexity index is 496. The van der Waals surface area contributed by atoms with Crippen molar-refractivity contribution in [1.29, 1.82) is 0 Å². The Kier molecular flexibility index (Phi) is 4.20. The van der Waals surface area contributed by atoms with Crippen molar-refractivity contribution in [2.24, 2.45) is 5.73 Å². The number of nitrogens with zero attached hydrogens (tertiary/aromatic N) is 1. The molecule has 1 unspecified atom stereocenters. The highest BCUT2D eigenvalue weighted by Crippen LogP contribution is 2.08. The summed E-state index contributed by atoms with van der Waals surface area (Å²) in [6, 6.07) is 13.1. The van der Waals surface area contributed by atoms with Crippen LogP contribution in [0.15, 0.2) is 54.9 Å². The molecule has 0 saturated carbocycles. The zero-order valence-electron chi connectivity index (χ0n) is 10.1. The third kappa shape index (κ3) is 3.25. The van der Waals surface area contributed by atoms with Crippen LogP contribution in [0.5, 0.6) is 0 Å². The van der Waals surface area contributed by atoms with Crippen LogP contribution in [0.2, 0.25) is 0 Å². The van der Waals surface area contributed by atoms with Gasteiger partial charge in [-0.3, -0.25) is 9.78 Å². The maximum Gasteiger partial charge on any atom is 0.181 e. The van der Waals surface area contributed by atoms with Gasteiger partial charge in [0.25, 0.3) is 0 Å². The van der Waals surface area contributed by atoms with E-state index in [0.29, 0.717) is 12.0 Å². The zero-order chi connectivity index (χ0) is 12.8. The molecule has 2 N–H and O–H groups in total. The predicted octanol–water partition coefficient (Wildman–Crippen LogP) is 2.22. The molecule has 1 aromatic carbocycles. The van der Waals surface area contributed by atoms with Gasteiger partial charge in [0, 0.05) is 18.0 Å². The summed E-state index contributed by atoms with van der Waals surface area (Å²) < 4.78 is 0. The van der Waals surface area contributed by atoms with Crippen LogP contribution in [0.3, 0.4) is 0 Å². The van der Waals surface area contributed by atoms with E-state index in [1.807, 2.05) is 30.3 Å². The highest BCUT2D eigenvalue weighted by molar-refractivity contribution is 5.99. The van der Waals surface area contributed by atoms with E-state index in [-0.39, 0.29) is 5.78 Å². The van der Waals surface area contributed by atoms with Gasteiger partial charge in [0.2, 0.25) is 0 Å². The third-order valence-corrected chi connectivity index (χ3v) is 2.87. The van der Waals surface area contributed by atoms with Gasteiger partial charge in [-0.15, -0.1) is 0 Å². The summed E-state index contributed by atoms with van der Waals surface area (Å²) in [5.41, 5.74) is 7.70. The number of rotatable bonds is 5. The lowest BCUT2D eigenvalue weighted by atomic mass is 9.99. The van der Waals surface area contributed by atoms with E-state index in [1.165, 1.54) is 5.56 Å². The number of aryl methyl sites for hydroxylation is 1. The lowest BCUT2D eigenvalue weighted by Crippen LogP contribution is -2.31. The van der Waals surface area contributed by atoms with Crippen LogP contribution in [0, 0.1) is 0 Å². The first-order valence-corrected chi connectivity index (χ1v) is 6.01. The summed E-state index contributed by atoms with van der Waals surface area (Å²) in [7, 11) is 0. The fraction of sp³-hybridized carbons (Fsp3) is 0.200. The highest BCUT2D eigenvalue weighted by Gasteiger charge is 2.15. The Morgan fingerprint density at radius 3 is 2.61 bits per heavy atom. The minimum atomic E-state index is -0.464. The van der Waals surface area contributed by atoms with Gasteiger partial charge in [-0.05, 0) is 30.5 Å². The summed E-state index contributed by atoms with van der Waals surface area (Å²) in [4.78, 5) is 15.9. The largest absolute Gasteiger partial charge is 0.321 e. The summed E-state index contributed by atoms with van der Waals surface area (Å²) in [5.74, 6) is -0.0426. The second-order valence-corrected chi connectivity index (χ2v) is 4.24. The number of hydrogen-bond donors (Lipinski definition) is 1. The summed E-state index contributed by atoms with van der Waals surface area (Å²) >= 11 is 0. The number of nitrogens with two attached hydrogens (primary N) is 1. The van der Waals surface area contributed by atoms with Gasteiger partial charge < -0.3 is 5.73 Å². The lowest BCUT2D eigenvalue weighted by Gasteiger charge is -2.10. The molecule has 3 heteroatoms. The molecule has 1 aromatic heterocycles. The molecule has 0 saturated heterocycles. The van der Waals surface area contributed by atoms with Crippen molar-refractivity contribution in [3.63, 3.8) is 0 Å².